The average Bonchev–Trinajstić information content (AvgIpc) is 2.38. The molecule has 1 unspecified atom stereocenters. The van der Waals surface area contributed by atoms with E-state index in [4.69, 9.17) is 16.7 Å². The number of carboxylic acid groups (broad SMARTS) is 1. The second-order valence-electron chi connectivity index (χ2n) is 4.45. The van der Waals surface area contributed by atoms with E-state index >= 15 is 0 Å². The first-order chi connectivity index (χ1) is 9.83. The molecule has 0 heterocycles. The number of halogens is 3. The van der Waals surface area contributed by atoms with Crippen molar-refractivity contribution in [3.8, 4) is 0 Å². The molecule has 1 aromatic carbocycles. The molecule has 0 aliphatic rings. The van der Waals surface area contributed by atoms with Crippen molar-refractivity contribution in [2.24, 2.45) is 5.92 Å². The van der Waals surface area contributed by atoms with Crippen LogP contribution in [0.15, 0.2) is 12.1 Å². The maximum Gasteiger partial charge on any atom is 0.319 e. The van der Waals surface area contributed by atoms with Crippen molar-refractivity contribution >= 4 is 29.3 Å². The van der Waals surface area contributed by atoms with E-state index < -0.39 is 23.6 Å². The first kappa shape index (κ1) is 17.2. The second-order valence-corrected chi connectivity index (χ2v) is 4.86. The number of benzene rings is 1. The number of carboxylic acids is 1. The van der Waals surface area contributed by atoms with E-state index in [1.165, 1.54) is 0 Å². The maximum absolute atomic E-state index is 13.5. The van der Waals surface area contributed by atoms with E-state index in [2.05, 4.69) is 10.6 Å². The molecular formula is C13H15ClF2N2O3. The number of hydrogen-bond donors (Lipinski definition) is 3. The maximum atomic E-state index is 13.5. The molecular weight excluding hydrogens is 306 g/mol. The van der Waals surface area contributed by atoms with Gasteiger partial charge in [0, 0.05) is 19.0 Å². The number of amides is 2. The lowest BCUT2D eigenvalue weighted by Gasteiger charge is -2.14. The number of carbonyl (C=O) groups is 2. The number of carbonyl (C=O) groups excluding carboxylic acids is 1. The molecule has 0 aromatic heterocycles. The number of aliphatic carboxylic acids is 1. The third-order valence-electron chi connectivity index (χ3n) is 2.84. The molecule has 0 bridgehead atoms. The van der Waals surface area contributed by atoms with E-state index in [0.29, 0.717) is 12.5 Å². The summed E-state index contributed by atoms with van der Waals surface area (Å²) in [4.78, 5) is 22.2. The lowest BCUT2D eigenvalue weighted by atomic mass is 10.0. The summed E-state index contributed by atoms with van der Waals surface area (Å²) < 4.78 is 26.3. The summed E-state index contributed by atoms with van der Waals surface area (Å²) in [6.07, 6.45) is 0.487. The molecule has 8 heteroatoms. The average molecular weight is 321 g/mol. The van der Waals surface area contributed by atoms with Crippen LogP contribution >= 0.6 is 11.6 Å². The number of rotatable bonds is 6. The van der Waals surface area contributed by atoms with Gasteiger partial charge >= 0.3 is 12.0 Å². The molecule has 0 saturated heterocycles. The Morgan fingerprint density at radius 3 is 2.57 bits per heavy atom. The molecule has 0 aliphatic heterocycles. The van der Waals surface area contributed by atoms with E-state index in [-0.39, 0.29) is 29.6 Å². The zero-order valence-electron chi connectivity index (χ0n) is 11.3. The number of urea groups is 1. The van der Waals surface area contributed by atoms with Gasteiger partial charge in [0.2, 0.25) is 0 Å². The van der Waals surface area contributed by atoms with Crippen LogP contribution in [0.3, 0.4) is 0 Å². The van der Waals surface area contributed by atoms with Gasteiger partial charge in [0.25, 0.3) is 0 Å². The SMILES string of the molecule is CCC(CNC(=O)Nc1c(F)cc(F)cc1Cl)CC(=O)O. The highest BCUT2D eigenvalue weighted by Gasteiger charge is 2.15. The van der Waals surface area contributed by atoms with Gasteiger partial charge in [-0.2, -0.15) is 0 Å². The van der Waals surface area contributed by atoms with E-state index in [9.17, 15) is 18.4 Å². The number of nitrogens with one attached hydrogen (secondary N) is 2. The van der Waals surface area contributed by atoms with E-state index in [0.717, 1.165) is 6.07 Å². The first-order valence-electron chi connectivity index (χ1n) is 6.24. The zero-order valence-corrected chi connectivity index (χ0v) is 12.0. The summed E-state index contributed by atoms with van der Waals surface area (Å²) in [6, 6.07) is 0.728. The highest BCUT2D eigenvalue weighted by atomic mass is 35.5. The van der Waals surface area contributed by atoms with Crippen molar-refractivity contribution in [2.45, 2.75) is 19.8 Å². The van der Waals surface area contributed by atoms with Gasteiger partial charge in [-0.1, -0.05) is 24.9 Å². The van der Waals surface area contributed by atoms with Crippen LogP contribution in [0.2, 0.25) is 5.02 Å². The summed E-state index contributed by atoms with van der Waals surface area (Å²) in [5.74, 6) is -3.04. The van der Waals surface area contributed by atoms with Crippen LogP contribution in [0, 0.1) is 17.6 Å². The first-order valence-corrected chi connectivity index (χ1v) is 6.62. The molecule has 2 amide bonds. The van der Waals surface area contributed by atoms with Crippen molar-refractivity contribution in [2.75, 3.05) is 11.9 Å². The van der Waals surface area contributed by atoms with Crippen LogP contribution in [0.4, 0.5) is 19.3 Å². The van der Waals surface area contributed by atoms with E-state index in [1.807, 2.05) is 0 Å². The molecule has 0 fully saturated rings. The van der Waals surface area contributed by atoms with Gasteiger partial charge in [0.15, 0.2) is 5.82 Å². The largest absolute Gasteiger partial charge is 0.481 e. The lowest BCUT2D eigenvalue weighted by Crippen LogP contribution is -2.34. The Kier molecular flexibility index (Phi) is 6.36. The Hall–Kier alpha value is -1.89. The molecule has 3 N–H and O–H groups in total. The van der Waals surface area contributed by atoms with Crippen LogP contribution in [0.5, 0.6) is 0 Å². The summed E-state index contributed by atoms with van der Waals surface area (Å²) in [7, 11) is 0. The minimum Gasteiger partial charge on any atom is -0.481 e. The van der Waals surface area contributed by atoms with Crippen molar-refractivity contribution < 1.29 is 23.5 Å². The quantitative estimate of drug-likeness (QED) is 0.753. The third-order valence-corrected chi connectivity index (χ3v) is 3.14. The summed E-state index contributed by atoms with van der Waals surface area (Å²) >= 11 is 5.64. The molecule has 1 atom stereocenters. The fraction of sp³-hybridized carbons (Fsp3) is 0.385. The molecule has 0 aliphatic carbocycles. The minimum absolute atomic E-state index is 0.0809. The predicted octanol–water partition coefficient (Wildman–Crippen LogP) is 3.24. The summed E-state index contributed by atoms with van der Waals surface area (Å²) in [5.41, 5.74) is -0.332. The monoisotopic (exact) mass is 320 g/mol. The molecule has 5 nitrogen and oxygen atoms in total. The number of anilines is 1. The molecule has 1 aromatic rings. The Morgan fingerprint density at radius 1 is 1.38 bits per heavy atom. The second kappa shape index (κ2) is 7.78. The number of hydrogen-bond acceptors (Lipinski definition) is 2. The van der Waals surface area contributed by atoms with Crippen molar-refractivity contribution in [3.63, 3.8) is 0 Å². The van der Waals surface area contributed by atoms with Gasteiger partial charge in [-0.05, 0) is 12.0 Å². The van der Waals surface area contributed by atoms with Crippen LogP contribution in [-0.4, -0.2) is 23.7 Å². The van der Waals surface area contributed by atoms with Crippen LogP contribution in [0.25, 0.3) is 0 Å². The Bertz CT molecular complexity index is 517. The van der Waals surface area contributed by atoms with Gasteiger partial charge in [-0.3, -0.25) is 4.79 Å². The van der Waals surface area contributed by atoms with Crippen molar-refractivity contribution in [1.82, 2.24) is 5.32 Å². The topological polar surface area (TPSA) is 78.4 Å². The van der Waals surface area contributed by atoms with Gasteiger partial charge < -0.3 is 15.7 Å². The smallest absolute Gasteiger partial charge is 0.319 e. The Balaban J connectivity index is 2.60. The van der Waals surface area contributed by atoms with E-state index in [1.54, 1.807) is 6.92 Å². The predicted molar refractivity (Wildman–Crippen MR) is 74.4 cm³/mol. The third kappa shape index (κ3) is 5.55. The highest BCUT2D eigenvalue weighted by molar-refractivity contribution is 6.33. The van der Waals surface area contributed by atoms with Crippen molar-refractivity contribution in [3.05, 3.63) is 28.8 Å². The molecule has 0 spiro atoms. The molecule has 0 radical (unpaired) electrons. The van der Waals surface area contributed by atoms with Gasteiger partial charge in [0.05, 0.1) is 10.7 Å². The van der Waals surface area contributed by atoms with Crippen LogP contribution in [-0.2, 0) is 4.79 Å². The molecule has 0 saturated carbocycles. The molecule has 21 heavy (non-hydrogen) atoms. The highest BCUT2D eigenvalue weighted by Crippen LogP contribution is 2.26. The standard InChI is InChI=1S/C13H15ClF2N2O3/c1-2-7(3-11(19)20)6-17-13(21)18-12-9(14)4-8(15)5-10(12)16/h4-5,7H,2-3,6H2,1H3,(H,19,20)(H2,17,18,21). The van der Waals surface area contributed by atoms with Crippen LogP contribution < -0.4 is 10.6 Å². The van der Waals surface area contributed by atoms with Crippen LogP contribution in [0.1, 0.15) is 19.8 Å². The zero-order chi connectivity index (χ0) is 16.0. The molecule has 1 rings (SSSR count). The summed E-state index contributed by atoms with van der Waals surface area (Å²) in [6.45, 7) is 1.92. The van der Waals surface area contributed by atoms with Gasteiger partial charge in [-0.15, -0.1) is 0 Å². The fourth-order valence-electron chi connectivity index (χ4n) is 1.66. The lowest BCUT2D eigenvalue weighted by molar-refractivity contribution is -0.138. The summed E-state index contributed by atoms with van der Waals surface area (Å²) in [5, 5.41) is 13.0. The molecule has 116 valence electrons. The minimum atomic E-state index is -0.993. The van der Waals surface area contributed by atoms with Gasteiger partial charge in [-0.25, -0.2) is 13.6 Å². The Labute approximate surface area is 125 Å². The van der Waals surface area contributed by atoms with Crippen molar-refractivity contribution in [1.29, 1.82) is 0 Å². The Morgan fingerprint density at radius 2 is 2.05 bits per heavy atom. The normalized spacial score (nSPS) is 11.8. The van der Waals surface area contributed by atoms with Gasteiger partial charge in [0.1, 0.15) is 5.82 Å². The fourth-order valence-corrected chi connectivity index (χ4v) is 1.91.